The Bertz CT molecular complexity index is 677. The van der Waals surface area contributed by atoms with Gasteiger partial charge in [-0.05, 0) is 67.2 Å². The number of thiophene rings is 1. The van der Waals surface area contributed by atoms with Gasteiger partial charge in [0.2, 0.25) is 0 Å². The summed E-state index contributed by atoms with van der Waals surface area (Å²) in [6.07, 6.45) is 3.72. The lowest BCUT2D eigenvalue weighted by Gasteiger charge is -2.26. The number of anilines is 1. The highest BCUT2D eigenvalue weighted by Gasteiger charge is 2.13. The van der Waals surface area contributed by atoms with Gasteiger partial charge in [0.15, 0.2) is 5.11 Å². The van der Waals surface area contributed by atoms with Crippen LogP contribution in [-0.2, 0) is 6.54 Å². The van der Waals surface area contributed by atoms with Gasteiger partial charge < -0.3 is 15.1 Å². The average molecular weight is 405 g/mol. The highest BCUT2D eigenvalue weighted by atomic mass is 32.1. The minimum atomic E-state index is 0.819. The summed E-state index contributed by atoms with van der Waals surface area (Å²) in [4.78, 5) is 5.28. The maximum absolute atomic E-state index is 5.78. The molecule has 0 saturated carbocycles. The fourth-order valence-electron chi connectivity index (χ4n) is 3.27. The van der Waals surface area contributed by atoms with Gasteiger partial charge in [0.05, 0.1) is 26.7 Å². The van der Waals surface area contributed by atoms with Crippen molar-refractivity contribution < 1.29 is 4.90 Å². The van der Waals surface area contributed by atoms with E-state index in [1.807, 2.05) is 0 Å². The van der Waals surface area contributed by atoms with E-state index in [2.05, 4.69) is 73.7 Å². The number of nitrogens with one attached hydrogen (secondary N) is 2. The number of hydrogen-bond acceptors (Lipinski definition) is 2. The van der Waals surface area contributed by atoms with Gasteiger partial charge in [-0.3, -0.25) is 0 Å². The van der Waals surface area contributed by atoms with Crippen LogP contribution in [0.15, 0.2) is 35.7 Å². The third kappa shape index (κ3) is 7.99. The molecule has 0 radical (unpaired) electrons. The lowest BCUT2D eigenvalue weighted by molar-refractivity contribution is -0.880. The van der Waals surface area contributed by atoms with E-state index >= 15 is 0 Å². The standard InChI is InChI=1S/C22H33N3S2/c1-5-6-10-24(4)11-8-12-25(17-21-9-7-13-27-21)22(26)23-20-15-18(2)14-19(3)16-20/h7,9,13-16H,5-6,8,10-12,17H2,1-4H3,(H,23,26)/p+1. The Hall–Kier alpha value is -1.43. The van der Waals surface area contributed by atoms with Gasteiger partial charge >= 0.3 is 0 Å². The Kier molecular flexibility index (Phi) is 9.25. The second-order valence-corrected chi connectivity index (χ2v) is 8.89. The van der Waals surface area contributed by atoms with Crippen LogP contribution in [-0.4, -0.2) is 36.7 Å². The fraction of sp³-hybridized carbons (Fsp3) is 0.500. The monoisotopic (exact) mass is 404 g/mol. The zero-order valence-electron chi connectivity index (χ0n) is 17.2. The van der Waals surface area contributed by atoms with Crippen LogP contribution in [0.1, 0.15) is 42.2 Å². The molecule has 0 aliphatic heterocycles. The summed E-state index contributed by atoms with van der Waals surface area (Å²) in [5.74, 6) is 0. The maximum atomic E-state index is 5.78. The van der Waals surface area contributed by atoms with Crippen LogP contribution in [0, 0.1) is 13.8 Å². The molecule has 0 bridgehead atoms. The molecule has 148 valence electrons. The molecule has 0 saturated heterocycles. The molecule has 0 spiro atoms. The van der Waals surface area contributed by atoms with E-state index in [9.17, 15) is 0 Å². The first-order chi connectivity index (χ1) is 13.0. The molecule has 1 unspecified atom stereocenters. The van der Waals surface area contributed by atoms with Crippen molar-refractivity contribution in [1.82, 2.24) is 4.90 Å². The number of hydrogen-bond donors (Lipinski definition) is 2. The SMILES string of the molecule is CCCC[NH+](C)CCCN(Cc1cccs1)C(=S)Nc1cc(C)cc(C)c1. The molecule has 1 heterocycles. The second-order valence-electron chi connectivity index (χ2n) is 7.47. The first-order valence-corrected chi connectivity index (χ1v) is 11.2. The summed E-state index contributed by atoms with van der Waals surface area (Å²) < 4.78 is 0. The minimum absolute atomic E-state index is 0.819. The molecule has 3 nitrogen and oxygen atoms in total. The molecule has 27 heavy (non-hydrogen) atoms. The molecule has 1 aromatic carbocycles. The Labute approximate surface area is 174 Å². The van der Waals surface area contributed by atoms with Gasteiger partial charge in [0.1, 0.15) is 0 Å². The summed E-state index contributed by atoms with van der Waals surface area (Å²) in [5.41, 5.74) is 3.59. The number of thiocarbonyl (C=S) groups is 1. The number of aryl methyl sites for hydroxylation is 2. The zero-order chi connectivity index (χ0) is 19.6. The highest BCUT2D eigenvalue weighted by molar-refractivity contribution is 7.80. The van der Waals surface area contributed by atoms with E-state index in [0.29, 0.717) is 0 Å². The maximum Gasteiger partial charge on any atom is 0.173 e. The van der Waals surface area contributed by atoms with Crippen LogP contribution < -0.4 is 10.2 Å². The van der Waals surface area contributed by atoms with E-state index in [4.69, 9.17) is 12.2 Å². The van der Waals surface area contributed by atoms with Gasteiger partial charge in [0, 0.05) is 23.5 Å². The molecule has 2 rings (SSSR count). The van der Waals surface area contributed by atoms with E-state index < -0.39 is 0 Å². The fourth-order valence-corrected chi connectivity index (χ4v) is 4.26. The summed E-state index contributed by atoms with van der Waals surface area (Å²) in [7, 11) is 2.30. The molecular formula is C22H34N3S2+. The largest absolute Gasteiger partial charge is 0.344 e. The molecule has 0 amide bonds. The molecule has 5 heteroatoms. The number of quaternary nitrogens is 1. The molecule has 0 fully saturated rings. The van der Waals surface area contributed by atoms with Crippen LogP contribution in [0.3, 0.4) is 0 Å². The van der Waals surface area contributed by atoms with Crippen molar-refractivity contribution in [2.75, 3.05) is 32.0 Å². The lowest BCUT2D eigenvalue weighted by Crippen LogP contribution is -3.09. The number of nitrogens with zero attached hydrogens (tertiary/aromatic N) is 1. The Morgan fingerprint density at radius 3 is 2.48 bits per heavy atom. The van der Waals surface area contributed by atoms with Gasteiger partial charge in [-0.15, -0.1) is 11.3 Å². The van der Waals surface area contributed by atoms with Crippen LogP contribution in [0.25, 0.3) is 0 Å². The minimum Gasteiger partial charge on any atom is -0.344 e. The second kappa shape index (κ2) is 11.4. The molecule has 0 aliphatic carbocycles. The zero-order valence-corrected chi connectivity index (χ0v) is 18.8. The van der Waals surface area contributed by atoms with Crippen molar-refractivity contribution in [3.63, 3.8) is 0 Å². The predicted octanol–water partition coefficient (Wildman–Crippen LogP) is 4.27. The number of benzene rings is 1. The molecule has 1 aromatic heterocycles. The summed E-state index contributed by atoms with van der Waals surface area (Å²) in [6.45, 7) is 10.8. The normalized spacial score (nSPS) is 12.0. The molecule has 2 aromatic rings. The summed E-state index contributed by atoms with van der Waals surface area (Å²) in [6, 6.07) is 10.8. The van der Waals surface area contributed by atoms with E-state index in [1.165, 1.54) is 41.9 Å². The van der Waals surface area contributed by atoms with Crippen LogP contribution in [0.2, 0.25) is 0 Å². The molecule has 0 aliphatic rings. The quantitative estimate of drug-likeness (QED) is 0.577. The third-order valence-corrected chi connectivity index (χ3v) is 5.90. The first-order valence-electron chi connectivity index (χ1n) is 9.96. The van der Waals surface area contributed by atoms with Crippen molar-refractivity contribution in [2.45, 2.75) is 46.6 Å². The summed E-state index contributed by atoms with van der Waals surface area (Å²) >= 11 is 7.58. The van der Waals surface area contributed by atoms with E-state index in [1.54, 1.807) is 16.2 Å². The molecule has 1 atom stereocenters. The van der Waals surface area contributed by atoms with Crippen LogP contribution in [0.4, 0.5) is 5.69 Å². The molecule has 2 N–H and O–H groups in total. The van der Waals surface area contributed by atoms with Crippen LogP contribution >= 0.6 is 23.6 Å². The van der Waals surface area contributed by atoms with Gasteiger partial charge in [0.25, 0.3) is 0 Å². The summed E-state index contributed by atoms with van der Waals surface area (Å²) in [5, 5.41) is 6.42. The topological polar surface area (TPSA) is 19.7 Å². The Morgan fingerprint density at radius 2 is 1.85 bits per heavy atom. The smallest absolute Gasteiger partial charge is 0.173 e. The Balaban J connectivity index is 1.97. The number of rotatable bonds is 10. The predicted molar refractivity (Wildman–Crippen MR) is 123 cm³/mol. The van der Waals surface area contributed by atoms with Crippen LogP contribution in [0.5, 0.6) is 0 Å². The lowest BCUT2D eigenvalue weighted by atomic mass is 10.1. The van der Waals surface area contributed by atoms with Crippen molar-refractivity contribution in [3.8, 4) is 0 Å². The van der Waals surface area contributed by atoms with E-state index in [0.717, 1.165) is 30.3 Å². The van der Waals surface area contributed by atoms with Gasteiger partial charge in [-0.25, -0.2) is 0 Å². The van der Waals surface area contributed by atoms with Crippen molar-refractivity contribution in [2.24, 2.45) is 0 Å². The molecular weight excluding hydrogens is 370 g/mol. The van der Waals surface area contributed by atoms with E-state index in [-0.39, 0.29) is 0 Å². The van der Waals surface area contributed by atoms with Crippen molar-refractivity contribution >= 4 is 34.4 Å². The van der Waals surface area contributed by atoms with Gasteiger partial charge in [-0.1, -0.05) is 25.5 Å². The third-order valence-electron chi connectivity index (χ3n) is 4.68. The Morgan fingerprint density at radius 1 is 1.15 bits per heavy atom. The number of unbranched alkanes of at least 4 members (excludes halogenated alkanes) is 1. The average Bonchev–Trinajstić information content (AvgIpc) is 3.11. The van der Waals surface area contributed by atoms with Crippen molar-refractivity contribution in [3.05, 3.63) is 51.7 Å². The van der Waals surface area contributed by atoms with Crippen molar-refractivity contribution in [1.29, 1.82) is 0 Å². The highest BCUT2D eigenvalue weighted by Crippen LogP contribution is 2.17. The first kappa shape index (κ1) is 21.9. The van der Waals surface area contributed by atoms with Gasteiger partial charge in [-0.2, -0.15) is 0 Å².